The zero-order valence-electron chi connectivity index (χ0n) is 14.1. The van der Waals surface area contributed by atoms with E-state index in [9.17, 15) is 4.79 Å². The van der Waals surface area contributed by atoms with Crippen molar-refractivity contribution in [1.82, 2.24) is 4.98 Å². The average Bonchev–Trinajstić information content (AvgIpc) is 3.06. The molecule has 0 aliphatic heterocycles. The van der Waals surface area contributed by atoms with Crippen LogP contribution in [-0.4, -0.2) is 10.9 Å². The maximum atomic E-state index is 12.0. The third-order valence-electron chi connectivity index (χ3n) is 3.49. The first-order chi connectivity index (χ1) is 12.6. The van der Waals surface area contributed by atoms with E-state index in [0.717, 1.165) is 22.0 Å². The van der Waals surface area contributed by atoms with Gasteiger partial charge in [0.1, 0.15) is 12.4 Å². The Bertz CT molecular complexity index is 920. The van der Waals surface area contributed by atoms with Gasteiger partial charge in [-0.2, -0.15) is 0 Å². The van der Waals surface area contributed by atoms with Crippen LogP contribution in [0.3, 0.4) is 0 Å². The molecule has 0 aliphatic carbocycles. The number of anilines is 1. The van der Waals surface area contributed by atoms with Crippen molar-refractivity contribution in [2.24, 2.45) is 0 Å². The topological polar surface area (TPSA) is 51.2 Å². The zero-order chi connectivity index (χ0) is 18.4. The number of benzene rings is 2. The van der Waals surface area contributed by atoms with Gasteiger partial charge in [-0.05, 0) is 42.8 Å². The molecule has 0 aliphatic rings. The predicted molar refractivity (Wildman–Crippen MR) is 107 cm³/mol. The summed E-state index contributed by atoms with van der Waals surface area (Å²) in [5, 5.41) is 6.27. The molecule has 2 aromatic carbocycles. The number of nitrogens with one attached hydrogen (secondary N) is 1. The normalized spacial score (nSPS) is 10.8. The van der Waals surface area contributed by atoms with Gasteiger partial charge in [0.2, 0.25) is 5.91 Å². The Morgan fingerprint density at radius 3 is 2.69 bits per heavy atom. The summed E-state index contributed by atoms with van der Waals surface area (Å²) in [7, 11) is 0. The molecule has 0 atom stereocenters. The number of halogens is 1. The maximum absolute atomic E-state index is 12.0. The first-order valence-electron chi connectivity index (χ1n) is 7.97. The molecule has 3 aromatic rings. The van der Waals surface area contributed by atoms with E-state index in [0.29, 0.717) is 17.3 Å². The lowest BCUT2D eigenvalue weighted by Crippen LogP contribution is -2.07. The van der Waals surface area contributed by atoms with Gasteiger partial charge in [-0.25, -0.2) is 4.98 Å². The van der Waals surface area contributed by atoms with E-state index in [2.05, 4.69) is 10.3 Å². The Morgan fingerprint density at radius 2 is 2.00 bits per heavy atom. The van der Waals surface area contributed by atoms with Gasteiger partial charge >= 0.3 is 0 Å². The number of para-hydroxylation sites is 1. The largest absolute Gasteiger partial charge is 0.487 e. The number of nitrogens with zero attached hydrogens (tertiary/aromatic N) is 1. The Labute approximate surface area is 161 Å². The van der Waals surface area contributed by atoms with Crippen LogP contribution in [0.2, 0.25) is 5.02 Å². The van der Waals surface area contributed by atoms with E-state index in [1.807, 2.05) is 48.7 Å². The molecule has 26 heavy (non-hydrogen) atoms. The van der Waals surface area contributed by atoms with Crippen LogP contribution in [0, 0.1) is 6.92 Å². The van der Waals surface area contributed by atoms with Crippen molar-refractivity contribution in [2.75, 3.05) is 5.32 Å². The zero-order valence-corrected chi connectivity index (χ0v) is 15.7. The number of amides is 1. The van der Waals surface area contributed by atoms with Gasteiger partial charge in [-0.3, -0.25) is 4.79 Å². The third kappa shape index (κ3) is 5.18. The van der Waals surface area contributed by atoms with Crippen molar-refractivity contribution in [3.63, 3.8) is 0 Å². The molecule has 0 unspecified atom stereocenters. The number of hydrogen-bond acceptors (Lipinski definition) is 4. The Kier molecular flexibility index (Phi) is 6.04. The van der Waals surface area contributed by atoms with Crippen molar-refractivity contribution in [3.8, 4) is 5.75 Å². The Balaban J connectivity index is 1.54. The standard InChI is InChI=1S/C20H17ClN2O2S/c1-14-22-16(13-26-14)12-25-17-9-6-15(7-10-17)8-11-20(24)23-19-5-3-2-4-18(19)21/h2-11,13H,12H2,1H3,(H,23,24)/b11-8+. The van der Waals surface area contributed by atoms with Gasteiger partial charge in [0, 0.05) is 11.5 Å². The fourth-order valence-electron chi connectivity index (χ4n) is 2.22. The van der Waals surface area contributed by atoms with E-state index in [4.69, 9.17) is 16.3 Å². The van der Waals surface area contributed by atoms with Crippen molar-refractivity contribution in [3.05, 3.63) is 81.3 Å². The number of carbonyl (C=O) groups excluding carboxylic acids is 1. The second kappa shape index (κ2) is 8.65. The molecule has 1 amide bonds. The molecule has 1 aromatic heterocycles. The highest BCUT2D eigenvalue weighted by Gasteiger charge is 2.02. The smallest absolute Gasteiger partial charge is 0.248 e. The van der Waals surface area contributed by atoms with Gasteiger partial charge < -0.3 is 10.1 Å². The van der Waals surface area contributed by atoms with Crippen LogP contribution >= 0.6 is 22.9 Å². The summed E-state index contributed by atoms with van der Waals surface area (Å²) in [5.74, 6) is 0.519. The first kappa shape index (κ1) is 18.2. The van der Waals surface area contributed by atoms with Crippen LogP contribution in [0.25, 0.3) is 6.08 Å². The number of aryl methyl sites for hydroxylation is 1. The minimum absolute atomic E-state index is 0.239. The van der Waals surface area contributed by atoms with Gasteiger partial charge in [0.05, 0.1) is 21.4 Å². The average molecular weight is 385 g/mol. The molecule has 4 nitrogen and oxygen atoms in total. The maximum Gasteiger partial charge on any atom is 0.248 e. The Morgan fingerprint density at radius 1 is 1.23 bits per heavy atom. The molecule has 0 bridgehead atoms. The van der Waals surface area contributed by atoms with Crippen molar-refractivity contribution >= 4 is 40.6 Å². The molecule has 1 N–H and O–H groups in total. The summed E-state index contributed by atoms with van der Waals surface area (Å²) in [4.78, 5) is 16.3. The lowest BCUT2D eigenvalue weighted by atomic mass is 10.2. The first-order valence-corrected chi connectivity index (χ1v) is 9.23. The lowest BCUT2D eigenvalue weighted by molar-refractivity contribution is -0.111. The molecule has 0 fully saturated rings. The summed E-state index contributed by atoms with van der Waals surface area (Å²) in [6.07, 6.45) is 3.21. The summed E-state index contributed by atoms with van der Waals surface area (Å²) in [6, 6.07) is 14.6. The quantitative estimate of drug-likeness (QED) is 0.584. The van der Waals surface area contributed by atoms with Crippen LogP contribution < -0.4 is 10.1 Å². The number of thiazole rings is 1. The molecular weight excluding hydrogens is 368 g/mol. The molecule has 132 valence electrons. The van der Waals surface area contributed by atoms with Gasteiger partial charge in [0.25, 0.3) is 0 Å². The van der Waals surface area contributed by atoms with E-state index in [1.165, 1.54) is 6.08 Å². The Hall–Kier alpha value is -2.63. The van der Waals surface area contributed by atoms with Crippen molar-refractivity contribution in [2.45, 2.75) is 13.5 Å². The number of rotatable bonds is 6. The monoisotopic (exact) mass is 384 g/mol. The molecule has 1 heterocycles. The highest BCUT2D eigenvalue weighted by atomic mass is 35.5. The predicted octanol–water partition coefficient (Wildman–Crippen LogP) is 5.34. The summed E-state index contributed by atoms with van der Waals surface area (Å²) >= 11 is 7.63. The van der Waals surface area contributed by atoms with Gasteiger partial charge in [-0.15, -0.1) is 11.3 Å². The molecule has 0 radical (unpaired) electrons. The lowest BCUT2D eigenvalue weighted by Gasteiger charge is -2.05. The molecule has 3 rings (SSSR count). The third-order valence-corrected chi connectivity index (χ3v) is 4.64. The van der Waals surface area contributed by atoms with E-state index in [-0.39, 0.29) is 5.91 Å². The number of carbonyl (C=O) groups is 1. The highest BCUT2D eigenvalue weighted by Crippen LogP contribution is 2.20. The highest BCUT2D eigenvalue weighted by molar-refractivity contribution is 7.09. The SMILES string of the molecule is Cc1nc(COc2ccc(/C=C/C(=O)Nc3ccccc3Cl)cc2)cs1. The van der Waals surface area contributed by atoms with E-state index in [1.54, 1.807) is 29.5 Å². The molecule has 6 heteroatoms. The van der Waals surface area contributed by atoms with Crippen molar-refractivity contribution in [1.29, 1.82) is 0 Å². The molecule has 0 saturated heterocycles. The minimum atomic E-state index is -0.239. The van der Waals surface area contributed by atoms with Crippen LogP contribution in [-0.2, 0) is 11.4 Å². The number of aromatic nitrogens is 1. The van der Waals surface area contributed by atoms with Gasteiger partial charge in [0.15, 0.2) is 0 Å². The number of ether oxygens (including phenoxy) is 1. The van der Waals surface area contributed by atoms with E-state index < -0.39 is 0 Å². The molecular formula is C20H17ClN2O2S. The summed E-state index contributed by atoms with van der Waals surface area (Å²) < 4.78 is 5.70. The van der Waals surface area contributed by atoms with Crippen LogP contribution in [0.5, 0.6) is 5.75 Å². The molecule has 0 saturated carbocycles. The minimum Gasteiger partial charge on any atom is -0.487 e. The number of hydrogen-bond donors (Lipinski definition) is 1. The summed E-state index contributed by atoms with van der Waals surface area (Å²) in [6.45, 7) is 2.41. The van der Waals surface area contributed by atoms with Crippen LogP contribution in [0.4, 0.5) is 5.69 Å². The summed E-state index contributed by atoms with van der Waals surface area (Å²) in [5.41, 5.74) is 2.41. The fourth-order valence-corrected chi connectivity index (χ4v) is 3.00. The van der Waals surface area contributed by atoms with Crippen LogP contribution in [0.1, 0.15) is 16.3 Å². The fraction of sp³-hybridized carbons (Fsp3) is 0.100. The second-order valence-electron chi connectivity index (χ2n) is 5.52. The van der Waals surface area contributed by atoms with Crippen LogP contribution in [0.15, 0.2) is 60.0 Å². The molecule has 0 spiro atoms. The second-order valence-corrected chi connectivity index (χ2v) is 6.99. The van der Waals surface area contributed by atoms with Gasteiger partial charge in [-0.1, -0.05) is 35.9 Å². The van der Waals surface area contributed by atoms with E-state index >= 15 is 0 Å². The van der Waals surface area contributed by atoms with Crippen molar-refractivity contribution < 1.29 is 9.53 Å².